The predicted octanol–water partition coefficient (Wildman–Crippen LogP) is 3.11. The van der Waals surface area contributed by atoms with E-state index in [1.54, 1.807) is 0 Å². The fourth-order valence-electron chi connectivity index (χ4n) is 1.15. The highest BCUT2D eigenvalue weighted by atomic mass is 127. The van der Waals surface area contributed by atoms with Gasteiger partial charge < -0.3 is 0 Å². The third kappa shape index (κ3) is 1.61. The number of aryl methyl sites for hydroxylation is 1. The number of rotatable bonds is 1. The number of alkyl halides is 1. The topological polar surface area (TPSA) is 23.8 Å². The third-order valence-electron chi connectivity index (χ3n) is 2.12. The van der Waals surface area contributed by atoms with Crippen LogP contribution in [0.2, 0.25) is 0 Å². The highest BCUT2D eigenvalue weighted by Crippen LogP contribution is 2.20. The summed E-state index contributed by atoms with van der Waals surface area (Å²) < 4.78 is 0.911. The maximum atomic E-state index is 8.81. The number of halogens is 1. The first-order valence-electron chi connectivity index (χ1n) is 3.76. The Labute approximate surface area is 86.5 Å². The monoisotopic (exact) mass is 271 g/mol. The molecule has 0 amide bonds. The van der Waals surface area contributed by atoms with E-state index in [1.165, 1.54) is 16.7 Å². The van der Waals surface area contributed by atoms with E-state index in [9.17, 15) is 0 Å². The zero-order chi connectivity index (χ0) is 9.14. The first-order valence-corrected chi connectivity index (χ1v) is 5.28. The molecule has 1 aromatic carbocycles. The van der Waals surface area contributed by atoms with Gasteiger partial charge in [0.05, 0.1) is 11.6 Å². The van der Waals surface area contributed by atoms with Crippen molar-refractivity contribution in [1.82, 2.24) is 0 Å². The van der Waals surface area contributed by atoms with Gasteiger partial charge in [0.2, 0.25) is 0 Å². The van der Waals surface area contributed by atoms with Crippen molar-refractivity contribution >= 4 is 22.6 Å². The normalized spacial score (nSPS) is 9.50. The molecule has 0 saturated carbocycles. The molecular formula is C10H10IN. The molecule has 1 rings (SSSR count). The summed E-state index contributed by atoms with van der Waals surface area (Å²) in [5, 5.41) is 8.81. The van der Waals surface area contributed by atoms with E-state index in [0.29, 0.717) is 0 Å². The molecule has 1 aromatic rings. The van der Waals surface area contributed by atoms with Gasteiger partial charge in [-0.3, -0.25) is 0 Å². The summed E-state index contributed by atoms with van der Waals surface area (Å²) in [4.78, 5) is 0. The van der Waals surface area contributed by atoms with Gasteiger partial charge in [-0.25, -0.2) is 0 Å². The smallest absolute Gasteiger partial charge is 0.0994 e. The van der Waals surface area contributed by atoms with Gasteiger partial charge in [0.15, 0.2) is 0 Å². The van der Waals surface area contributed by atoms with Gasteiger partial charge in [-0.05, 0) is 36.6 Å². The predicted molar refractivity (Wildman–Crippen MR) is 58.4 cm³/mol. The molecule has 0 spiro atoms. The van der Waals surface area contributed by atoms with Crippen LogP contribution < -0.4 is 0 Å². The molecule has 62 valence electrons. The van der Waals surface area contributed by atoms with E-state index in [-0.39, 0.29) is 0 Å². The van der Waals surface area contributed by atoms with Gasteiger partial charge in [-0.1, -0.05) is 28.7 Å². The van der Waals surface area contributed by atoms with Crippen molar-refractivity contribution in [2.24, 2.45) is 0 Å². The minimum absolute atomic E-state index is 0.813. The summed E-state index contributed by atoms with van der Waals surface area (Å²) in [6.07, 6.45) is 0. The van der Waals surface area contributed by atoms with Gasteiger partial charge in [0.1, 0.15) is 0 Å². The van der Waals surface area contributed by atoms with Crippen LogP contribution in [0.15, 0.2) is 12.1 Å². The highest BCUT2D eigenvalue weighted by molar-refractivity contribution is 14.1. The summed E-state index contributed by atoms with van der Waals surface area (Å²) >= 11 is 2.29. The maximum absolute atomic E-state index is 8.81. The third-order valence-corrected chi connectivity index (χ3v) is 2.89. The molecule has 0 aliphatic heterocycles. The lowest BCUT2D eigenvalue weighted by Gasteiger charge is -2.06. The Morgan fingerprint density at radius 1 is 1.42 bits per heavy atom. The van der Waals surface area contributed by atoms with Crippen LogP contribution in [-0.4, -0.2) is 0 Å². The lowest BCUT2D eigenvalue weighted by atomic mass is 10.00. The van der Waals surface area contributed by atoms with E-state index < -0.39 is 0 Å². The van der Waals surface area contributed by atoms with E-state index in [0.717, 1.165) is 9.99 Å². The molecule has 0 heterocycles. The number of nitriles is 1. The number of nitrogens with zero attached hydrogens (tertiary/aromatic N) is 1. The zero-order valence-electron chi connectivity index (χ0n) is 7.19. The molecule has 12 heavy (non-hydrogen) atoms. The molecule has 0 radical (unpaired) electrons. The minimum atomic E-state index is 0.813. The number of benzene rings is 1. The van der Waals surface area contributed by atoms with Crippen molar-refractivity contribution in [2.75, 3.05) is 0 Å². The average molecular weight is 271 g/mol. The van der Waals surface area contributed by atoms with Crippen molar-refractivity contribution in [3.05, 3.63) is 34.4 Å². The Bertz CT molecular complexity index is 336. The van der Waals surface area contributed by atoms with Crippen LogP contribution in [0.25, 0.3) is 0 Å². The maximum Gasteiger partial charge on any atom is 0.0994 e. The van der Waals surface area contributed by atoms with Crippen LogP contribution in [-0.2, 0) is 4.43 Å². The second-order valence-electron chi connectivity index (χ2n) is 2.78. The molecule has 0 fully saturated rings. The van der Waals surface area contributed by atoms with Crippen LogP contribution >= 0.6 is 22.6 Å². The molecule has 0 atom stereocenters. The van der Waals surface area contributed by atoms with Crippen LogP contribution in [0.5, 0.6) is 0 Å². The summed E-state index contributed by atoms with van der Waals surface area (Å²) in [7, 11) is 0. The largest absolute Gasteiger partial charge is 0.192 e. The van der Waals surface area contributed by atoms with E-state index in [1.807, 2.05) is 12.1 Å². The fourth-order valence-corrected chi connectivity index (χ4v) is 2.13. The first-order chi connectivity index (χ1) is 5.70. The Morgan fingerprint density at radius 3 is 2.58 bits per heavy atom. The van der Waals surface area contributed by atoms with E-state index >= 15 is 0 Å². The van der Waals surface area contributed by atoms with Crippen molar-refractivity contribution in [1.29, 1.82) is 5.26 Å². The standard InChI is InChI=1S/C10H10IN/c1-7-3-4-9(6-12)10(5-11)8(7)2/h3-4H,5H2,1-2H3. The molecule has 0 bridgehead atoms. The Hall–Kier alpha value is -0.560. The molecule has 0 unspecified atom stereocenters. The zero-order valence-corrected chi connectivity index (χ0v) is 9.34. The van der Waals surface area contributed by atoms with Gasteiger partial charge in [-0.2, -0.15) is 5.26 Å². The lowest BCUT2D eigenvalue weighted by Crippen LogP contribution is -1.93. The number of hydrogen-bond donors (Lipinski definition) is 0. The molecule has 0 saturated heterocycles. The highest BCUT2D eigenvalue weighted by Gasteiger charge is 2.05. The first kappa shape index (κ1) is 9.53. The Morgan fingerprint density at radius 2 is 2.08 bits per heavy atom. The van der Waals surface area contributed by atoms with Crippen LogP contribution in [0.1, 0.15) is 22.3 Å². The quantitative estimate of drug-likeness (QED) is 0.568. The van der Waals surface area contributed by atoms with Gasteiger partial charge in [0.25, 0.3) is 0 Å². The second-order valence-corrected chi connectivity index (χ2v) is 3.54. The SMILES string of the molecule is Cc1ccc(C#N)c(CI)c1C. The summed E-state index contributed by atoms with van der Waals surface area (Å²) in [6.45, 7) is 4.15. The second kappa shape index (κ2) is 3.90. The molecule has 2 heteroatoms. The average Bonchev–Trinajstić information content (AvgIpc) is 2.09. The van der Waals surface area contributed by atoms with Crippen molar-refractivity contribution in [3.63, 3.8) is 0 Å². The Balaban J connectivity index is 3.38. The van der Waals surface area contributed by atoms with Crippen LogP contribution in [0, 0.1) is 25.2 Å². The summed E-state index contributed by atoms with van der Waals surface area (Å²) in [6, 6.07) is 6.11. The molecule has 0 N–H and O–H groups in total. The molecule has 0 aliphatic carbocycles. The summed E-state index contributed by atoms with van der Waals surface area (Å²) in [5.74, 6) is 0. The van der Waals surface area contributed by atoms with Crippen molar-refractivity contribution < 1.29 is 0 Å². The Kier molecular flexibility index (Phi) is 3.10. The van der Waals surface area contributed by atoms with Crippen molar-refractivity contribution in [2.45, 2.75) is 18.3 Å². The van der Waals surface area contributed by atoms with Gasteiger partial charge >= 0.3 is 0 Å². The van der Waals surface area contributed by atoms with Crippen LogP contribution in [0.3, 0.4) is 0 Å². The van der Waals surface area contributed by atoms with Crippen LogP contribution in [0.4, 0.5) is 0 Å². The molecule has 1 nitrogen and oxygen atoms in total. The number of hydrogen-bond acceptors (Lipinski definition) is 1. The van der Waals surface area contributed by atoms with Crippen molar-refractivity contribution in [3.8, 4) is 6.07 Å². The summed E-state index contributed by atoms with van der Waals surface area (Å²) in [5.41, 5.74) is 4.51. The lowest BCUT2D eigenvalue weighted by molar-refractivity contribution is 1.24. The molecule has 0 aromatic heterocycles. The van der Waals surface area contributed by atoms with E-state index in [4.69, 9.17) is 5.26 Å². The van der Waals surface area contributed by atoms with E-state index in [2.05, 4.69) is 42.5 Å². The minimum Gasteiger partial charge on any atom is -0.192 e. The van der Waals surface area contributed by atoms with Gasteiger partial charge in [-0.15, -0.1) is 0 Å². The molecule has 0 aliphatic rings. The fraction of sp³-hybridized carbons (Fsp3) is 0.300. The molecular weight excluding hydrogens is 261 g/mol. The van der Waals surface area contributed by atoms with Gasteiger partial charge in [0, 0.05) is 4.43 Å².